The fraction of sp³-hybridized carbons (Fsp3) is 0.562. The lowest BCUT2D eigenvalue weighted by Crippen LogP contribution is -2.36. The van der Waals surface area contributed by atoms with Crippen LogP contribution in [0.4, 0.5) is 0 Å². The number of hydrogen-bond donors (Lipinski definition) is 2. The topological polar surface area (TPSA) is 50.4 Å². The summed E-state index contributed by atoms with van der Waals surface area (Å²) in [5, 5.41) is 6.19. The van der Waals surface area contributed by atoms with Crippen molar-refractivity contribution in [2.45, 2.75) is 32.3 Å². The van der Waals surface area contributed by atoms with Crippen LogP contribution in [-0.2, 0) is 16.0 Å². The SMILES string of the molecule is Cc1cccc(CCNC(=O)COC2CCNCC2)c1. The molecule has 1 aliphatic heterocycles. The second-order valence-corrected chi connectivity index (χ2v) is 5.35. The van der Waals surface area contributed by atoms with E-state index >= 15 is 0 Å². The number of aryl methyl sites for hydroxylation is 1. The molecule has 0 bridgehead atoms. The number of carbonyl (C=O) groups is 1. The second-order valence-electron chi connectivity index (χ2n) is 5.35. The van der Waals surface area contributed by atoms with Crippen molar-refractivity contribution in [3.63, 3.8) is 0 Å². The summed E-state index contributed by atoms with van der Waals surface area (Å²) in [6, 6.07) is 8.37. The lowest BCUT2D eigenvalue weighted by molar-refractivity contribution is -0.128. The van der Waals surface area contributed by atoms with E-state index in [0.29, 0.717) is 6.54 Å². The molecule has 1 amide bonds. The minimum Gasteiger partial charge on any atom is -0.368 e. The van der Waals surface area contributed by atoms with Crippen molar-refractivity contribution in [2.24, 2.45) is 0 Å². The Balaban J connectivity index is 1.60. The molecule has 1 aliphatic rings. The summed E-state index contributed by atoms with van der Waals surface area (Å²) in [7, 11) is 0. The van der Waals surface area contributed by atoms with E-state index in [1.807, 2.05) is 6.07 Å². The number of rotatable bonds is 6. The smallest absolute Gasteiger partial charge is 0.246 e. The molecular weight excluding hydrogens is 252 g/mol. The molecule has 2 N–H and O–H groups in total. The molecule has 20 heavy (non-hydrogen) atoms. The first-order valence-corrected chi connectivity index (χ1v) is 7.38. The molecule has 0 radical (unpaired) electrons. The zero-order valence-electron chi connectivity index (χ0n) is 12.2. The fourth-order valence-corrected chi connectivity index (χ4v) is 2.42. The van der Waals surface area contributed by atoms with Crippen LogP contribution in [-0.4, -0.2) is 38.3 Å². The van der Waals surface area contributed by atoms with Crippen LogP contribution < -0.4 is 10.6 Å². The van der Waals surface area contributed by atoms with Gasteiger partial charge in [-0.3, -0.25) is 4.79 Å². The van der Waals surface area contributed by atoms with Gasteiger partial charge in [0, 0.05) is 6.54 Å². The molecule has 1 aromatic rings. The van der Waals surface area contributed by atoms with Crippen molar-refractivity contribution in [2.75, 3.05) is 26.2 Å². The van der Waals surface area contributed by atoms with E-state index in [1.165, 1.54) is 11.1 Å². The van der Waals surface area contributed by atoms with Crippen molar-refractivity contribution >= 4 is 5.91 Å². The zero-order chi connectivity index (χ0) is 14.2. The quantitative estimate of drug-likeness (QED) is 0.826. The highest BCUT2D eigenvalue weighted by molar-refractivity contribution is 5.77. The van der Waals surface area contributed by atoms with Crippen molar-refractivity contribution < 1.29 is 9.53 Å². The van der Waals surface area contributed by atoms with E-state index in [9.17, 15) is 4.79 Å². The first-order valence-electron chi connectivity index (χ1n) is 7.38. The van der Waals surface area contributed by atoms with Crippen molar-refractivity contribution in [1.82, 2.24) is 10.6 Å². The highest BCUT2D eigenvalue weighted by atomic mass is 16.5. The average Bonchev–Trinajstić information content (AvgIpc) is 2.46. The summed E-state index contributed by atoms with van der Waals surface area (Å²) in [5.74, 6) is -0.0174. The summed E-state index contributed by atoms with van der Waals surface area (Å²) in [6.07, 6.45) is 3.09. The minimum absolute atomic E-state index is 0.0174. The molecule has 1 aromatic carbocycles. The van der Waals surface area contributed by atoms with Gasteiger partial charge in [0.25, 0.3) is 0 Å². The molecule has 110 valence electrons. The highest BCUT2D eigenvalue weighted by Crippen LogP contribution is 2.06. The van der Waals surface area contributed by atoms with Crippen LogP contribution in [0.25, 0.3) is 0 Å². The van der Waals surface area contributed by atoms with Crippen LogP contribution in [0.1, 0.15) is 24.0 Å². The van der Waals surface area contributed by atoms with Crippen LogP contribution in [0, 0.1) is 6.92 Å². The van der Waals surface area contributed by atoms with Gasteiger partial charge in [-0.25, -0.2) is 0 Å². The Morgan fingerprint density at radius 1 is 1.40 bits per heavy atom. The third-order valence-corrected chi connectivity index (χ3v) is 3.55. The van der Waals surface area contributed by atoms with Gasteiger partial charge in [0.1, 0.15) is 6.61 Å². The second kappa shape index (κ2) is 8.02. The predicted molar refractivity (Wildman–Crippen MR) is 79.7 cm³/mol. The largest absolute Gasteiger partial charge is 0.368 e. The molecule has 1 saturated heterocycles. The Bertz CT molecular complexity index is 428. The Kier molecular flexibility index (Phi) is 6.02. The van der Waals surface area contributed by atoms with E-state index in [2.05, 4.69) is 35.8 Å². The van der Waals surface area contributed by atoms with Crippen LogP contribution in [0.3, 0.4) is 0 Å². The summed E-state index contributed by atoms with van der Waals surface area (Å²) in [5.41, 5.74) is 2.51. The molecule has 0 aliphatic carbocycles. The number of piperidine rings is 1. The molecule has 0 saturated carbocycles. The zero-order valence-corrected chi connectivity index (χ0v) is 12.2. The number of amides is 1. The number of nitrogens with one attached hydrogen (secondary N) is 2. The lowest BCUT2D eigenvalue weighted by Gasteiger charge is -2.22. The van der Waals surface area contributed by atoms with E-state index in [-0.39, 0.29) is 18.6 Å². The maximum absolute atomic E-state index is 11.7. The Morgan fingerprint density at radius 3 is 2.95 bits per heavy atom. The van der Waals surface area contributed by atoms with E-state index in [4.69, 9.17) is 4.74 Å². The minimum atomic E-state index is -0.0174. The normalized spacial score (nSPS) is 16.1. The van der Waals surface area contributed by atoms with Crippen molar-refractivity contribution in [3.8, 4) is 0 Å². The standard InChI is InChI=1S/C16H24N2O2/c1-13-3-2-4-14(11-13)5-10-18-16(19)12-20-15-6-8-17-9-7-15/h2-4,11,15,17H,5-10,12H2,1H3,(H,18,19). The first kappa shape index (κ1) is 15.0. The summed E-state index contributed by atoms with van der Waals surface area (Å²) in [6.45, 7) is 4.89. The van der Waals surface area contributed by atoms with Gasteiger partial charge in [0.2, 0.25) is 5.91 Å². The lowest BCUT2D eigenvalue weighted by atomic mass is 10.1. The van der Waals surface area contributed by atoms with Crippen molar-refractivity contribution in [3.05, 3.63) is 35.4 Å². The molecule has 0 atom stereocenters. The molecule has 4 heteroatoms. The summed E-state index contributed by atoms with van der Waals surface area (Å²) < 4.78 is 5.61. The van der Waals surface area contributed by atoms with Crippen LogP contribution in [0.15, 0.2) is 24.3 Å². The number of carbonyl (C=O) groups excluding carboxylic acids is 1. The van der Waals surface area contributed by atoms with Gasteiger partial charge in [-0.2, -0.15) is 0 Å². The Morgan fingerprint density at radius 2 is 2.20 bits per heavy atom. The molecule has 1 fully saturated rings. The summed E-state index contributed by atoms with van der Waals surface area (Å²) in [4.78, 5) is 11.7. The van der Waals surface area contributed by atoms with Crippen LogP contribution >= 0.6 is 0 Å². The summed E-state index contributed by atoms with van der Waals surface area (Å²) >= 11 is 0. The van der Waals surface area contributed by atoms with Gasteiger partial charge in [0.05, 0.1) is 6.10 Å². The highest BCUT2D eigenvalue weighted by Gasteiger charge is 2.14. The third kappa shape index (κ3) is 5.31. The number of ether oxygens (including phenoxy) is 1. The van der Waals surface area contributed by atoms with Gasteiger partial charge in [-0.15, -0.1) is 0 Å². The molecule has 4 nitrogen and oxygen atoms in total. The van der Waals surface area contributed by atoms with Gasteiger partial charge < -0.3 is 15.4 Å². The maximum atomic E-state index is 11.7. The molecule has 0 spiro atoms. The molecular formula is C16H24N2O2. The van der Waals surface area contributed by atoms with Crippen LogP contribution in [0.2, 0.25) is 0 Å². The third-order valence-electron chi connectivity index (χ3n) is 3.55. The van der Waals surface area contributed by atoms with Crippen molar-refractivity contribution in [1.29, 1.82) is 0 Å². The first-order chi connectivity index (χ1) is 9.74. The Hall–Kier alpha value is -1.39. The van der Waals surface area contributed by atoms with Crippen LogP contribution in [0.5, 0.6) is 0 Å². The Labute approximate surface area is 120 Å². The molecule has 0 unspecified atom stereocenters. The maximum Gasteiger partial charge on any atom is 0.246 e. The molecule has 2 rings (SSSR count). The van der Waals surface area contributed by atoms with E-state index < -0.39 is 0 Å². The molecule has 0 aromatic heterocycles. The number of benzene rings is 1. The average molecular weight is 276 g/mol. The van der Waals surface area contributed by atoms with Gasteiger partial charge in [-0.05, 0) is 44.8 Å². The van der Waals surface area contributed by atoms with Gasteiger partial charge in [-0.1, -0.05) is 29.8 Å². The van der Waals surface area contributed by atoms with E-state index in [1.54, 1.807) is 0 Å². The number of hydrogen-bond acceptors (Lipinski definition) is 3. The monoisotopic (exact) mass is 276 g/mol. The predicted octanol–water partition coefficient (Wildman–Crippen LogP) is 1.42. The fourth-order valence-electron chi connectivity index (χ4n) is 2.42. The van der Waals surface area contributed by atoms with E-state index in [0.717, 1.165) is 32.4 Å². The van der Waals surface area contributed by atoms with Gasteiger partial charge in [0.15, 0.2) is 0 Å². The molecule has 1 heterocycles. The van der Waals surface area contributed by atoms with Gasteiger partial charge >= 0.3 is 0 Å².